The first-order valence-corrected chi connectivity index (χ1v) is 10.3. The number of rotatable bonds is 6. The monoisotopic (exact) mass is 452 g/mol. The number of nitrogens with zero attached hydrogens (tertiary/aromatic N) is 2. The third-order valence-electron chi connectivity index (χ3n) is 5.65. The second kappa shape index (κ2) is 9.89. The zero-order valence-electron chi connectivity index (χ0n) is 17.5. The number of fused-ring (bicyclic) bond motifs is 1. The van der Waals surface area contributed by atoms with Crippen LogP contribution in [-0.2, 0) is 11.3 Å². The molecule has 0 spiro atoms. The highest BCUT2D eigenvalue weighted by atomic mass is 35.5. The quantitative estimate of drug-likeness (QED) is 0.590. The summed E-state index contributed by atoms with van der Waals surface area (Å²) in [6.07, 6.45) is 1.83. The molecule has 1 unspecified atom stereocenters. The van der Waals surface area contributed by atoms with Crippen molar-refractivity contribution in [1.82, 2.24) is 19.9 Å². The van der Waals surface area contributed by atoms with E-state index in [9.17, 15) is 13.6 Å². The summed E-state index contributed by atoms with van der Waals surface area (Å²) in [6, 6.07) is 7.09. The van der Waals surface area contributed by atoms with Gasteiger partial charge in [0.25, 0.3) is 5.56 Å². The third kappa shape index (κ3) is 5.14. The minimum Gasteiger partial charge on any atom is -0.381 e. The molecule has 1 fully saturated rings. The molecule has 0 aliphatic carbocycles. The molecule has 9 heteroatoms. The van der Waals surface area contributed by atoms with Crippen molar-refractivity contribution >= 4 is 18.1 Å². The predicted molar refractivity (Wildman–Crippen MR) is 117 cm³/mol. The highest BCUT2D eigenvalue weighted by Gasteiger charge is 2.22. The van der Waals surface area contributed by atoms with Gasteiger partial charge in [-0.15, -0.1) is 12.4 Å². The molecular formula is C22H27ClF2N4O2. The van der Waals surface area contributed by atoms with Crippen LogP contribution in [0.3, 0.4) is 0 Å². The summed E-state index contributed by atoms with van der Waals surface area (Å²) in [5.74, 6) is -1.28. The molecule has 1 atom stereocenters. The number of ether oxygens (including phenoxy) is 1. The van der Waals surface area contributed by atoms with Crippen LogP contribution in [0.15, 0.2) is 35.1 Å². The predicted octanol–water partition coefficient (Wildman–Crippen LogP) is 4.10. The van der Waals surface area contributed by atoms with E-state index in [-0.39, 0.29) is 29.9 Å². The van der Waals surface area contributed by atoms with E-state index in [0.29, 0.717) is 29.4 Å². The molecule has 1 aromatic carbocycles. The molecule has 31 heavy (non-hydrogen) atoms. The van der Waals surface area contributed by atoms with Crippen LogP contribution in [-0.4, -0.2) is 27.8 Å². The second-order valence-electron chi connectivity index (χ2n) is 8.16. The molecule has 4 rings (SSSR count). The lowest BCUT2D eigenvalue weighted by molar-refractivity contribution is 0.0844. The van der Waals surface area contributed by atoms with Gasteiger partial charge in [0, 0.05) is 43.5 Å². The molecule has 168 valence electrons. The molecule has 2 N–H and O–H groups in total. The first kappa shape index (κ1) is 23.4. The van der Waals surface area contributed by atoms with Gasteiger partial charge in [-0.05, 0) is 36.5 Å². The van der Waals surface area contributed by atoms with Gasteiger partial charge < -0.3 is 10.1 Å². The molecule has 1 aliphatic rings. The Hall–Kier alpha value is -2.29. The summed E-state index contributed by atoms with van der Waals surface area (Å²) in [5.41, 5.74) is 2.67. The van der Waals surface area contributed by atoms with Gasteiger partial charge >= 0.3 is 0 Å². The third-order valence-corrected chi connectivity index (χ3v) is 5.65. The van der Waals surface area contributed by atoms with Crippen LogP contribution in [0.25, 0.3) is 5.65 Å². The Morgan fingerprint density at radius 3 is 2.61 bits per heavy atom. The largest absolute Gasteiger partial charge is 0.381 e. The summed E-state index contributed by atoms with van der Waals surface area (Å²) >= 11 is 0. The molecule has 3 heterocycles. The number of aromatic nitrogens is 3. The van der Waals surface area contributed by atoms with Crippen LogP contribution in [0.5, 0.6) is 0 Å². The van der Waals surface area contributed by atoms with Crippen LogP contribution in [0.2, 0.25) is 0 Å². The molecule has 0 amide bonds. The Morgan fingerprint density at radius 1 is 1.19 bits per heavy atom. The Bertz CT molecular complexity index is 1090. The SMILES string of the molecule is CC(C)C(NCc1ccc(F)c(F)c1)c1cc(=O)n2[nH]c(C3CCOCC3)cc2n1.Cl. The van der Waals surface area contributed by atoms with Crippen molar-refractivity contribution in [1.29, 1.82) is 0 Å². The average molecular weight is 453 g/mol. The van der Waals surface area contributed by atoms with Crippen LogP contribution in [0, 0.1) is 17.6 Å². The van der Waals surface area contributed by atoms with E-state index >= 15 is 0 Å². The minimum absolute atomic E-state index is 0. The van der Waals surface area contributed by atoms with Crippen molar-refractivity contribution in [2.75, 3.05) is 13.2 Å². The summed E-state index contributed by atoms with van der Waals surface area (Å²) < 4.78 is 33.6. The number of nitrogens with one attached hydrogen (secondary N) is 2. The van der Waals surface area contributed by atoms with E-state index in [4.69, 9.17) is 9.72 Å². The molecule has 0 saturated carbocycles. The van der Waals surface area contributed by atoms with Crippen molar-refractivity contribution < 1.29 is 13.5 Å². The van der Waals surface area contributed by atoms with Crippen LogP contribution < -0.4 is 10.9 Å². The van der Waals surface area contributed by atoms with E-state index in [1.54, 1.807) is 6.07 Å². The standard InChI is InChI=1S/C22H26F2N4O2.ClH/c1-13(2)22(25-12-14-3-4-16(23)17(24)9-14)19-11-21(29)28-20(26-19)10-18(27-28)15-5-7-30-8-6-15;/h3-4,9-11,13,15,22,25,27H,5-8,12H2,1-2H3;1H. The number of hydrogen-bond acceptors (Lipinski definition) is 4. The topological polar surface area (TPSA) is 71.4 Å². The fraction of sp³-hybridized carbons (Fsp3) is 0.455. The zero-order chi connectivity index (χ0) is 21.3. The fourth-order valence-corrected chi connectivity index (χ4v) is 3.96. The number of aromatic amines is 1. The van der Waals surface area contributed by atoms with E-state index in [0.717, 1.165) is 37.8 Å². The normalized spacial score (nSPS) is 15.9. The molecule has 2 aromatic heterocycles. The molecule has 1 saturated heterocycles. The van der Waals surface area contributed by atoms with Gasteiger partial charge in [-0.1, -0.05) is 19.9 Å². The first-order chi connectivity index (χ1) is 14.4. The van der Waals surface area contributed by atoms with Gasteiger partial charge in [0.1, 0.15) is 0 Å². The lowest BCUT2D eigenvalue weighted by atomic mass is 9.97. The highest BCUT2D eigenvalue weighted by Crippen LogP contribution is 2.27. The van der Waals surface area contributed by atoms with Crippen molar-refractivity contribution in [3.8, 4) is 0 Å². The maximum absolute atomic E-state index is 13.5. The van der Waals surface area contributed by atoms with Crippen LogP contribution in [0.1, 0.15) is 55.6 Å². The molecule has 6 nitrogen and oxygen atoms in total. The average Bonchev–Trinajstić information content (AvgIpc) is 3.16. The summed E-state index contributed by atoms with van der Waals surface area (Å²) in [7, 11) is 0. The number of hydrogen-bond donors (Lipinski definition) is 2. The van der Waals surface area contributed by atoms with Gasteiger partial charge in [0.15, 0.2) is 17.3 Å². The molecule has 0 radical (unpaired) electrons. The maximum atomic E-state index is 13.5. The van der Waals surface area contributed by atoms with Gasteiger partial charge in [-0.2, -0.15) is 0 Å². The van der Waals surface area contributed by atoms with E-state index < -0.39 is 11.6 Å². The van der Waals surface area contributed by atoms with Crippen LogP contribution >= 0.6 is 12.4 Å². The molecule has 1 aliphatic heterocycles. The van der Waals surface area contributed by atoms with E-state index in [1.807, 2.05) is 19.9 Å². The van der Waals surface area contributed by atoms with Gasteiger partial charge in [0.05, 0.1) is 11.7 Å². The molecule has 0 bridgehead atoms. The highest BCUT2D eigenvalue weighted by molar-refractivity contribution is 5.85. The Labute approximate surface area is 185 Å². The summed E-state index contributed by atoms with van der Waals surface area (Å²) in [4.78, 5) is 17.4. The molecule has 3 aromatic rings. The zero-order valence-corrected chi connectivity index (χ0v) is 18.3. The van der Waals surface area contributed by atoms with Crippen molar-refractivity contribution in [3.05, 3.63) is 69.3 Å². The summed E-state index contributed by atoms with van der Waals surface area (Å²) in [6.45, 7) is 5.82. The Morgan fingerprint density at radius 2 is 1.94 bits per heavy atom. The van der Waals surface area contributed by atoms with Crippen molar-refractivity contribution in [3.63, 3.8) is 0 Å². The van der Waals surface area contributed by atoms with Crippen molar-refractivity contribution in [2.45, 2.75) is 45.2 Å². The van der Waals surface area contributed by atoms with Gasteiger partial charge in [-0.25, -0.2) is 18.3 Å². The van der Waals surface area contributed by atoms with E-state index in [2.05, 4.69) is 10.4 Å². The van der Waals surface area contributed by atoms with Gasteiger partial charge in [0.2, 0.25) is 0 Å². The Balaban J connectivity index is 0.00000272. The maximum Gasteiger partial charge on any atom is 0.272 e. The Kier molecular flexibility index (Phi) is 7.46. The first-order valence-electron chi connectivity index (χ1n) is 10.3. The lowest BCUT2D eigenvalue weighted by Gasteiger charge is -2.22. The summed E-state index contributed by atoms with van der Waals surface area (Å²) in [5, 5.41) is 6.52. The van der Waals surface area contributed by atoms with Crippen LogP contribution in [0.4, 0.5) is 8.78 Å². The number of halogens is 3. The molecular weight excluding hydrogens is 426 g/mol. The minimum atomic E-state index is -0.874. The smallest absolute Gasteiger partial charge is 0.272 e. The lowest BCUT2D eigenvalue weighted by Crippen LogP contribution is -2.28. The van der Waals surface area contributed by atoms with Gasteiger partial charge in [-0.3, -0.25) is 9.89 Å². The second-order valence-corrected chi connectivity index (χ2v) is 8.16. The number of benzene rings is 1. The van der Waals surface area contributed by atoms with Crippen molar-refractivity contribution in [2.24, 2.45) is 5.92 Å². The fourth-order valence-electron chi connectivity index (χ4n) is 3.96. The number of H-pyrrole nitrogens is 1. The van der Waals surface area contributed by atoms with E-state index in [1.165, 1.54) is 16.6 Å².